The zero-order valence-corrected chi connectivity index (χ0v) is 20.8. The van der Waals surface area contributed by atoms with Gasteiger partial charge >= 0.3 is 11.6 Å². The van der Waals surface area contributed by atoms with Crippen molar-refractivity contribution in [2.75, 3.05) is 12.4 Å². The van der Waals surface area contributed by atoms with Crippen LogP contribution in [0.15, 0.2) is 50.1 Å². The Balaban J connectivity index is 1.35. The Hall–Kier alpha value is -3.42. The highest BCUT2D eigenvalue weighted by Gasteiger charge is 2.53. The maximum Gasteiger partial charge on any atom is 0.352 e. The number of thiophene rings is 1. The van der Waals surface area contributed by atoms with Crippen LogP contribution in [-0.2, 0) is 16.0 Å². The Morgan fingerprint density at radius 1 is 1.32 bits per heavy atom. The van der Waals surface area contributed by atoms with Crippen LogP contribution in [-0.4, -0.2) is 57.0 Å². The van der Waals surface area contributed by atoms with Gasteiger partial charge in [0.25, 0.3) is 0 Å². The van der Waals surface area contributed by atoms with Gasteiger partial charge in [-0.05, 0) is 30.0 Å². The first-order valence-electron chi connectivity index (χ1n) is 11.1. The molecule has 0 radical (unpaired) electrons. The van der Waals surface area contributed by atoms with E-state index in [9.17, 15) is 33.4 Å². The molecule has 2 aromatic heterocycles. The normalized spacial score (nSPS) is 21.0. The van der Waals surface area contributed by atoms with E-state index in [0.29, 0.717) is 5.56 Å². The van der Waals surface area contributed by atoms with E-state index >= 15 is 0 Å². The third kappa shape index (κ3) is 4.58. The van der Waals surface area contributed by atoms with Gasteiger partial charge in [0.1, 0.15) is 23.7 Å². The van der Waals surface area contributed by atoms with Crippen LogP contribution in [0.2, 0.25) is 0 Å². The predicted octanol–water partition coefficient (Wildman–Crippen LogP) is 2.59. The first kappa shape index (κ1) is 25.2. The maximum atomic E-state index is 15.0. The summed E-state index contributed by atoms with van der Waals surface area (Å²) >= 11 is 2.69. The minimum Gasteiger partial charge on any atom is -0.483 e. The van der Waals surface area contributed by atoms with Crippen molar-refractivity contribution in [3.63, 3.8) is 0 Å². The smallest absolute Gasteiger partial charge is 0.352 e. The molecule has 1 aromatic carbocycles. The lowest BCUT2D eigenvalue weighted by molar-refractivity contribution is -0.147. The van der Waals surface area contributed by atoms with E-state index in [2.05, 4.69) is 5.32 Å². The van der Waals surface area contributed by atoms with Gasteiger partial charge in [-0.25, -0.2) is 14.0 Å². The molecule has 2 aliphatic heterocycles. The number of aliphatic carboxylic acids is 1. The molecule has 3 aromatic rings. The van der Waals surface area contributed by atoms with E-state index in [0.717, 1.165) is 17.0 Å². The molecule has 9 nitrogen and oxygen atoms in total. The zero-order valence-electron chi connectivity index (χ0n) is 19.2. The Bertz CT molecular complexity index is 1490. The van der Waals surface area contributed by atoms with Crippen molar-refractivity contribution in [1.82, 2.24) is 10.2 Å². The SMILES string of the molecule is Cc1cc(=O)oc2c(F)c(OCC3=C(C(=O)O)N4C(O)C(NC(=O)Cc5cccs5)C4SC3)c(F)cc12. The lowest BCUT2D eigenvalue weighted by Crippen LogP contribution is -2.73. The highest BCUT2D eigenvalue weighted by atomic mass is 32.2. The number of nitrogens with zero attached hydrogens (tertiary/aromatic N) is 1. The van der Waals surface area contributed by atoms with Gasteiger partial charge in [0.05, 0.1) is 6.42 Å². The topological polar surface area (TPSA) is 129 Å². The minimum absolute atomic E-state index is 0.0688. The fraction of sp³-hybridized carbons (Fsp3) is 0.292. The van der Waals surface area contributed by atoms with E-state index in [4.69, 9.17) is 9.15 Å². The van der Waals surface area contributed by atoms with Gasteiger partial charge in [-0.3, -0.25) is 4.79 Å². The number of amides is 1. The third-order valence-corrected chi connectivity index (χ3v) is 8.39. The second-order valence-electron chi connectivity index (χ2n) is 8.54. The Labute approximate surface area is 216 Å². The molecule has 1 saturated heterocycles. The number of carbonyl (C=O) groups excluding carboxylic acids is 1. The molecular weight excluding hydrogens is 530 g/mol. The number of hydrogen-bond donors (Lipinski definition) is 3. The molecule has 2 aliphatic rings. The minimum atomic E-state index is -1.35. The average Bonchev–Trinajstić information content (AvgIpc) is 3.35. The van der Waals surface area contributed by atoms with Crippen molar-refractivity contribution >= 4 is 45.9 Å². The monoisotopic (exact) mass is 550 g/mol. The number of benzene rings is 1. The van der Waals surface area contributed by atoms with E-state index in [1.54, 1.807) is 0 Å². The van der Waals surface area contributed by atoms with Crippen LogP contribution < -0.4 is 15.7 Å². The number of carboxylic acid groups (broad SMARTS) is 1. The molecule has 3 atom stereocenters. The van der Waals surface area contributed by atoms with Crippen LogP contribution in [0, 0.1) is 18.6 Å². The van der Waals surface area contributed by atoms with Crippen LogP contribution in [0.4, 0.5) is 8.78 Å². The summed E-state index contributed by atoms with van der Waals surface area (Å²) < 4.78 is 39.9. The zero-order chi connectivity index (χ0) is 26.4. The molecular formula is C24H20F2N2O7S2. The van der Waals surface area contributed by atoms with Crippen LogP contribution >= 0.6 is 23.1 Å². The molecule has 0 spiro atoms. The second-order valence-corrected chi connectivity index (χ2v) is 10.7. The van der Waals surface area contributed by atoms with Gasteiger partial charge in [-0.15, -0.1) is 23.1 Å². The van der Waals surface area contributed by atoms with Gasteiger partial charge in [0.2, 0.25) is 11.7 Å². The lowest BCUT2D eigenvalue weighted by Gasteiger charge is -2.55. The number of nitrogens with one attached hydrogen (secondary N) is 1. The number of ether oxygens (including phenoxy) is 1. The maximum absolute atomic E-state index is 15.0. The summed E-state index contributed by atoms with van der Waals surface area (Å²) in [5.74, 6) is -4.60. The molecule has 0 saturated carbocycles. The molecule has 0 bridgehead atoms. The summed E-state index contributed by atoms with van der Waals surface area (Å²) in [7, 11) is 0. The number of rotatable bonds is 7. The standard InChI is InChI=1S/C24H20F2N2O7S2/c1-10-5-16(30)35-20-13(10)7-14(25)21(17(20)26)34-8-11-9-37-23-18(22(31)28(23)19(11)24(32)33)27-15(29)6-12-3-2-4-36-12/h2-5,7,18,22-23,31H,6,8-9H2,1H3,(H,27,29)(H,32,33). The summed E-state index contributed by atoms with van der Waals surface area (Å²) in [5, 5.41) is 24.6. The molecule has 13 heteroatoms. The van der Waals surface area contributed by atoms with Crippen LogP contribution in [0.5, 0.6) is 5.75 Å². The van der Waals surface area contributed by atoms with Crippen LogP contribution in [0.25, 0.3) is 11.0 Å². The number of carbonyl (C=O) groups is 2. The molecule has 37 heavy (non-hydrogen) atoms. The number of fused-ring (bicyclic) bond motifs is 2. The number of hydrogen-bond acceptors (Lipinski definition) is 9. The Morgan fingerprint density at radius 2 is 2.11 bits per heavy atom. The van der Waals surface area contributed by atoms with Crippen molar-refractivity contribution in [1.29, 1.82) is 0 Å². The van der Waals surface area contributed by atoms with E-state index in [-0.39, 0.29) is 34.7 Å². The van der Waals surface area contributed by atoms with Crippen molar-refractivity contribution in [3.8, 4) is 5.75 Å². The van der Waals surface area contributed by atoms with Crippen molar-refractivity contribution in [2.24, 2.45) is 0 Å². The van der Waals surface area contributed by atoms with Crippen molar-refractivity contribution in [3.05, 3.63) is 73.4 Å². The fourth-order valence-corrected chi connectivity index (χ4v) is 6.50. The molecule has 3 unspecified atom stereocenters. The van der Waals surface area contributed by atoms with E-state index in [1.807, 2.05) is 17.5 Å². The first-order valence-corrected chi connectivity index (χ1v) is 13.0. The van der Waals surface area contributed by atoms with E-state index in [1.165, 1.54) is 34.9 Å². The third-order valence-electron chi connectivity index (χ3n) is 6.14. The molecule has 5 rings (SSSR count). The number of aliphatic hydroxyl groups excluding tert-OH is 1. The molecule has 1 amide bonds. The fourth-order valence-electron chi connectivity index (χ4n) is 4.40. The van der Waals surface area contributed by atoms with Crippen molar-refractivity contribution in [2.45, 2.75) is 31.0 Å². The van der Waals surface area contributed by atoms with E-state index < -0.39 is 58.8 Å². The predicted molar refractivity (Wildman–Crippen MR) is 131 cm³/mol. The molecule has 3 N–H and O–H groups in total. The largest absolute Gasteiger partial charge is 0.483 e. The summed E-state index contributed by atoms with van der Waals surface area (Å²) in [4.78, 5) is 38.2. The number of aliphatic hydroxyl groups is 1. The summed E-state index contributed by atoms with van der Waals surface area (Å²) in [6.45, 7) is 1.02. The summed E-state index contributed by atoms with van der Waals surface area (Å²) in [5.41, 5.74) is -1.03. The molecule has 194 valence electrons. The molecule has 4 heterocycles. The van der Waals surface area contributed by atoms with Crippen molar-refractivity contribution < 1.29 is 37.7 Å². The average molecular weight is 551 g/mol. The Morgan fingerprint density at radius 3 is 2.81 bits per heavy atom. The van der Waals surface area contributed by atoms with Gasteiger partial charge in [0.15, 0.2) is 23.4 Å². The quantitative estimate of drug-likeness (QED) is 0.380. The highest BCUT2D eigenvalue weighted by Crippen LogP contribution is 2.43. The van der Waals surface area contributed by atoms with Gasteiger partial charge in [-0.2, -0.15) is 4.39 Å². The lowest BCUT2D eigenvalue weighted by atomic mass is 10.0. The number of aryl methyl sites for hydroxylation is 1. The number of thioether (sulfide) groups is 1. The molecule has 1 fully saturated rings. The van der Waals surface area contributed by atoms with Gasteiger partial charge < -0.3 is 29.6 Å². The Kier molecular flexibility index (Phi) is 6.68. The van der Waals surface area contributed by atoms with Crippen LogP contribution in [0.1, 0.15) is 10.4 Å². The first-order chi connectivity index (χ1) is 17.7. The number of halogens is 2. The summed E-state index contributed by atoms with van der Waals surface area (Å²) in [6.07, 6.45) is -1.17. The second kappa shape index (κ2) is 9.80. The highest BCUT2D eigenvalue weighted by molar-refractivity contribution is 8.00. The number of carboxylic acids is 1. The summed E-state index contributed by atoms with van der Waals surface area (Å²) in [6, 6.07) is 5.03. The van der Waals surface area contributed by atoms with Gasteiger partial charge in [0, 0.05) is 27.7 Å². The molecule has 0 aliphatic carbocycles. The van der Waals surface area contributed by atoms with Crippen LogP contribution in [0.3, 0.4) is 0 Å². The van der Waals surface area contributed by atoms with Gasteiger partial charge in [-0.1, -0.05) is 6.07 Å².